The highest BCUT2D eigenvalue weighted by molar-refractivity contribution is 7.15. The van der Waals surface area contributed by atoms with Crippen LogP contribution < -0.4 is 5.32 Å². The first kappa shape index (κ1) is 14.3. The monoisotopic (exact) mass is 282 g/mol. The van der Waals surface area contributed by atoms with Crippen molar-refractivity contribution in [3.05, 3.63) is 10.6 Å². The number of nitrogens with one attached hydrogen (secondary N) is 1. The number of anilines is 1. The fourth-order valence-corrected chi connectivity index (χ4v) is 3.48. The van der Waals surface area contributed by atoms with Gasteiger partial charge in [-0.3, -0.25) is 4.79 Å². The Balaban J connectivity index is 2.06. The van der Waals surface area contributed by atoms with E-state index in [-0.39, 0.29) is 0 Å². The predicted octanol–water partition coefficient (Wildman–Crippen LogP) is 3.60. The summed E-state index contributed by atoms with van der Waals surface area (Å²) in [5.74, 6) is -0.660. The largest absolute Gasteiger partial charge is 0.481 e. The third-order valence-electron chi connectivity index (χ3n) is 4.12. The van der Waals surface area contributed by atoms with Crippen molar-refractivity contribution in [1.82, 2.24) is 4.98 Å². The zero-order valence-corrected chi connectivity index (χ0v) is 12.5. The van der Waals surface area contributed by atoms with Crippen molar-refractivity contribution in [3.8, 4) is 0 Å². The number of aromatic nitrogens is 1. The Morgan fingerprint density at radius 1 is 1.32 bits per heavy atom. The molecule has 0 aliphatic heterocycles. The molecule has 1 saturated carbocycles. The van der Waals surface area contributed by atoms with Crippen LogP contribution in [0.4, 0.5) is 5.13 Å². The topological polar surface area (TPSA) is 62.2 Å². The van der Waals surface area contributed by atoms with Crippen LogP contribution in [0.3, 0.4) is 0 Å². The zero-order chi connectivity index (χ0) is 13.9. The third kappa shape index (κ3) is 3.26. The number of aliphatic carboxylic acids is 1. The van der Waals surface area contributed by atoms with E-state index in [1.54, 1.807) is 11.3 Å². The Labute approximate surface area is 118 Å². The van der Waals surface area contributed by atoms with E-state index in [1.165, 1.54) is 4.88 Å². The molecule has 1 aromatic rings. The van der Waals surface area contributed by atoms with Gasteiger partial charge in [-0.25, -0.2) is 4.98 Å². The lowest BCUT2D eigenvalue weighted by atomic mass is 9.80. The number of hydrogen-bond acceptors (Lipinski definition) is 4. The van der Waals surface area contributed by atoms with Crippen LogP contribution in [-0.2, 0) is 4.79 Å². The Morgan fingerprint density at radius 2 is 1.95 bits per heavy atom. The average molecular weight is 282 g/mol. The Kier molecular flexibility index (Phi) is 4.45. The number of nitrogens with zero attached hydrogens (tertiary/aromatic N) is 1. The van der Waals surface area contributed by atoms with E-state index in [1.807, 2.05) is 13.8 Å². The summed E-state index contributed by atoms with van der Waals surface area (Å²) in [4.78, 5) is 17.3. The standard InChI is InChI=1S/C14H22N2O2S/c1-10-11(2)19-13(16-10)15-9-14(12(17)18)7-5-3-4-6-8-14/h3-9H2,1-2H3,(H,15,16)(H,17,18). The molecule has 0 spiro atoms. The Hall–Kier alpha value is -1.10. The maximum Gasteiger partial charge on any atom is 0.311 e. The molecule has 4 nitrogen and oxygen atoms in total. The molecule has 0 atom stereocenters. The van der Waals surface area contributed by atoms with Gasteiger partial charge in [-0.1, -0.05) is 25.7 Å². The first-order valence-electron chi connectivity index (χ1n) is 6.95. The van der Waals surface area contributed by atoms with Gasteiger partial charge in [0.25, 0.3) is 0 Å². The molecule has 0 bridgehead atoms. The lowest BCUT2D eigenvalue weighted by Gasteiger charge is -2.28. The highest BCUT2D eigenvalue weighted by atomic mass is 32.1. The molecule has 1 heterocycles. The van der Waals surface area contributed by atoms with Crippen molar-refractivity contribution in [2.24, 2.45) is 5.41 Å². The second-order valence-electron chi connectivity index (χ2n) is 5.51. The fraction of sp³-hybridized carbons (Fsp3) is 0.714. The van der Waals surface area contributed by atoms with Crippen molar-refractivity contribution in [1.29, 1.82) is 0 Å². The van der Waals surface area contributed by atoms with Crippen LogP contribution in [0, 0.1) is 19.3 Å². The summed E-state index contributed by atoms with van der Waals surface area (Å²) < 4.78 is 0. The van der Waals surface area contributed by atoms with Crippen LogP contribution >= 0.6 is 11.3 Å². The molecule has 106 valence electrons. The van der Waals surface area contributed by atoms with Gasteiger partial charge in [-0.05, 0) is 26.7 Å². The minimum absolute atomic E-state index is 0.495. The molecule has 1 aliphatic rings. The third-order valence-corrected chi connectivity index (χ3v) is 5.15. The van der Waals surface area contributed by atoms with Gasteiger partial charge in [0.15, 0.2) is 5.13 Å². The van der Waals surface area contributed by atoms with Crippen LogP contribution in [0.2, 0.25) is 0 Å². The maximum atomic E-state index is 11.7. The molecule has 0 radical (unpaired) electrons. The lowest BCUT2D eigenvalue weighted by Crippen LogP contribution is -2.37. The number of carbonyl (C=O) groups is 1. The van der Waals surface area contributed by atoms with E-state index in [0.717, 1.165) is 49.4 Å². The van der Waals surface area contributed by atoms with E-state index in [0.29, 0.717) is 6.54 Å². The number of carboxylic acid groups (broad SMARTS) is 1. The minimum atomic E-state index is -0.660. The molecule has 0 amide bonds. The normalized spacial score (nSPS) is 18.8. The maximum absolute atomic E-state index is 11.7. The van der Waals surface area contributed by atoms with Crippen LogP contribution in [0.15, 0.2) is 0 Å². The molecule has 19 heavy (non-hydrogen) atoms. The predicted molar refractivity (Wildman–Crippen MR) is 77.8 cm³/mol. The van der Waals surface area contributed by atoms with Gasteiger partial charge in [-0.2, -0.15) is 0 Å². The van der Waals surface area contributed by atoms with E-state index >= 15 is 0 Å². The molecule has 5 heteroatoms. The van der Waals surface area contributed by atoms with Crippen molar-refractivity contribution in [2.75, 3.05) is 11.9 Å². The molecule has 1 fully saturated rings. The van der Waals surface area contributed by atoms with Gasteiger partial charge in [-0.15, -0.1) is 11.3 Å². The molecule has 0 saturated heterocycles. The SMILES string of the molecule is Cc1nc(NCC2(C(=O)O)CCCCCC2)sc1C. The van der Waals surface area contributed by atoms with Crippen LogP contribution in [0.5, 0.6) is 0 Å². The van der Waals surface area contributed by atoms with Gasteiger partial charge in [0.05, 0.1) is 11.1 Å². The van der Waals surface area contributed by atoms with Gasteiger partial charge < -0.3 is 10.4 Å². The van der Waals surface area contributed by atoms with E-state index in [2.05, 4.69) is 10.3 Å². The summed E-state index contributed by atoms with van der Waals surface area (Å²) in [7, 11) is 0. The molecule has 2 rings (SSSR count). The highest BCUT2D eigenvalue weighted by Crippen LogP contribution is 2.36. The molecule has 0 aromatic carbocycles. The van der Waals surface area contributed by atoms with Gasteiger partial charge in [0.2, 0.25) is 0 Å². The first-order valence-corrected chi connectivity index (χ1v) is 7.76. The quantitative estimate of drug-likeness (QED) is 0.828. The van der Waals surface area contributed by atoms with E-state index in [4.69, 9.17) is 0 Å². The number of rotatable bonds is 4. The van der Waals surface area contributed by atoms with Crippen molar-refractivity contribution in [2.45, 2.75) is 52.4 Å². The summed E-state index contributed by atoms with van der Waals surface area (Å²) in [5.41, 5.74) is 0.419. The average Bonchev–Trinajstić information content (AvgIpc) is 2.58. The summed E-state index contributed by atoms with van der Waals surface area (Å²) in [5, 5.41) is 13.7. The Morgan fingerprint density at radius 3 is 2.42 bits per heavy atom. The number of hydrogen-bond donors (Lipinski definition) is 2. The smallest absolute Gasteiger partial charge is 0.311 e. The molecule has 0 unspecified atom stereocenters. The summed E-state index contributed by atoms with van der Waals surface area (Å²) >= 11 is 1.60. The summed E-state index contributed by atoms with van der Waals surface area (Å²) in [6.07, 6.45) is 5.90. The van der Waals surface area contributed by atoms with Gasteiger partial charge >= 0.3 is 5.97 Å². The number of carboxylic acids is 1. The van der Waals surface area contributed by atoms with Crippen LogP contribution in [0.25, 0.3) is 0 Å². The number of thiazole rings is 1. The molecule has 1 aliphatic carbocycles. The summed E-state index contributed by atoms with van der Waals surface area (Å²) in [6.45, 7) is 4.52. The Bertz CT molecular complexity index is 429. The fourth-order valence-electron chi connectivity index (χ4n) is 2.66. The van der Waals surface area contributed by atoms with E-state index < -0.39 is 11.4 Å². The van der Waals surface area contributed by atoms with Crippen LogP contribution in [0.1, 0.15) is 49.1 Å². The van der Waals surface area contributed by atoms with Gasteiger partial charge in [0.1, 0.15) is 0 Å². The minimum Gasteiger partial charge on any atom is -0.481 e. The van der Waals surface area contributed by atoms with Crippen molar-refractivity contribution in [3.63, 3.8) is 0 Å². The first-order chi connectivity index (χ1) is 9.03. The molecular formula is C14H22N2O2S. The molecule has 2 N–H and O–H groups in total. The van der Waals surface area contributed by atoms with Crippen molar-refractivity contribution >= 4 is 22.4 Å². The summed E-state index contributed by atoms with van der Waals surface area (Å²) in [6, 6.07) is 0. The van der Waals surface area contributed by atoms with Crippen LogP contribution in [-0.4, -0.2) is 22.6 Å². The van der Waals surface area contributed by atoms with Crippen molar-refractivity contribution < 1.29 is 9.90 Å². The second-order valence-corrected chi connectivity index (χ2v) is 6.72. The zero-order valence-electron chi connectivity index (χ0n) is 11.7. The molecule has 1 aromatic heterocycles. The second kappa shape index (κ2) is 5.90. The van der Waals surface area contributed by atoms with E-state index in [9.17, 15) is 9.90 Å². The number of aryl methyl sites for hydroxylation is 2. The lowest BCUT2D eigenvalue weighted by molar-refractivity contribution is -0.149. The molecular weight excluding hydrogens is 260 g/mol. The van der Waals surface area contributed by atoms with Gasteiger partial charge in [0, 0.05) is 11.4 Å². The highest BCUT2D eigenvalue weighted by Gasteiger charge is 2.38.